The molecule has 19 heavy (non-hydrogen) atoms. The highest BCUT2D eigenvalue weighted by atomic mass is 16.8. The smallest absolute Gasteiger partial charge is 0.201 e. The minimum Gasteiger partial charge on any atom is -0.363 e. The lowest BCUT2D eigenvalue weighted by molar-refractivity contribution is -0.348. The molecule has 0 saturated carbocycles. The van der Waals surface area contributed by atoms with Gasteiger partial charge in [0.25, 0.3) is 0 Å². The van der Waals surface area contributed by atoms with E-state index >= 15 is 0 Å². The van der Waals surface area contributed by atoms with Crippen LogP contribution in [0.4, 0.5) is 0 Å². The number of aliphatic hydroxyl groups is 1. The third-order valence-electron chi connectivity index (χ3n) is 3.97. The number of aliphatic hydroxyl groups excluding tert-OH is 1. The lowest BCUT2D eigenvalue weighted by Crippen LogP contribution is -2.58. The van der Waals surface area contributed by atoms with E-state index in [1.54, 1.807) is 0 Å². The van der Waals surface area contributed by atoms with E-state index in [1.807, 2.05) is 35.4 Å². The maximum atomic E-state index is 10.3. The Labute approximate surface area is 116 Å². The highest BCUT2D eigenvalue weighted by Gasteiger charge is 2.43. The molecule has 0 aliphatic carbocycles. The van der Waals surface area contributed by atoms with Gasteiger partial charge in [0.05, 0.1) is 0 Å². The molecule has 0 amide bonds. The van der Waals surface area contributed by atoms with Gasteiger partial charge in [0.1, 0.15) is 0 Å². The van der Waals surface area contributed by atoms with Crippen molar-refractivity contribution in [1.29, 1.82) is 0 Å². The first-order chi connectivity index (χ1) is 8.83. The van der Waals surface area contributed by atoms with Crippen molar-refractivity contribution >= 4 is 0 Å². The zero-order valence-corrected chi connectivity index (χ0v) is 12.4. The average molecular weight is 263 g/mol. The lowest BCUT2D eigenvalue weighted by atomic mass is 9.82. The molecule has 1 saturated heterocycles. The second-order valence-electron chi connectivity index (χ2n) is 6.64. The Morgan fingerprint density at radius 1 is 1.05 bits per heavy atom. The van der Waals surface area contributed by atoms with Crippen LogP contribution in [0.3, 0.4) is 0 Å². The predicted molar refractivity (Wildman–Crippen MR) is 76.3 cm³/mol. The van der Waals surface area contributed by atoms with Crippen LogP contribution in [0.1, 0.15) is 58.8 Å². The first-order valence-corrected chi connectivity index (χ1v) is 7.03. The van der Waals surface area contributed by atoms with Gasteiger partial charge in [0.2, 0.25) is 6.29 Å². The Kier molecular flexibility index (Phi) is 4.00. The van der Waals surface area contributed by atoms with Gasteiger partial charge in [-0.3, -0.25) is 4.84 Å². The molecule has 0 spiro atoms. The van der Waals surface area contributed by atoms with Gasteiger partial charge >= 0.3 is 0 Å². The molecule has 1 atom stereocenters. The zero-order valence-electron chi connectivity index (χ0n) is 12.4. The molecule has 3 nitrogen and oxygen atoms in total. The summed E-state index contributed by atoms with van der Waals surface area (Å²) in [5.41, 5.74) is 0.675. The van der Waals surface area contributed by atoms with E-state index in [-0.39, 0.29) is 11.1 Å². The van der Waals surface area contributed by atoms with Crippen molar-refractivity contribution in [2.75, 3.05) is 0 Å². The summed E-state index contributed by atoms with van der Waals surface area (Å²) in [4.78, 5) is 5.90. The quantitative estimate of drug-likeness (QED) is 0.845. The zero-order chi connectivity index (χ0) is 14.1. The van der Waals surface area contributed by atoms with Gasteiger partial charge in [-0.25, -0.2) is 0 Å². The molecule has 0 aromatic heterocycles. The molecule has 1 aliphatic rings. The van der Waals surface area contributed by atoms with E-state index in [0.717, 1.165) is 18.4 Å². The number of hydroxylamine groups is 2. The molecule has 3 heteroatoms. The van der Waals surface area contributed by atoms with Crippen molar-refractivity contribution in [3.63, 3.8) is 0 Å². The van der Waals surface area contributed by atoms with Crippen LogP contribution in [0.15, 0.2) is 30.3 Å². The summed E-state index contributed by atoms with van der Waals surface area (Å²) in [6, 6.07) is 9.52. The second kappa shape index (κ2) is 5.23. The summed E-state index contributed by atoms with van der Waals surface area (Å²) in [7, 11) is 0. The van der Waals surface area contributed by atoms with Gasteiger partial charge in [0, 0.05) is 16.6 Å². The minimum atomic E-state index is -0.905. The Bertz CT molecular complexity index is 398. The van der Waals surface area contributed by atoms with Crippen molar-refractivity contribution in [2.45, 2.75) is 64.3 Å². The fourth-order valence-electron chi connectivity index (χ4n) is 3.04. The summed E-state index contributed by atoms with van der Waals surface area (Å²) < 4.78 is 0. The Hall–Kier alpha value is -0.900. The first-order valence-electron chi connectivity index (χ1n) is 7.03. The second-order valence-corrected chi connectivity index (χ2v) is 6.64. The number of hydrogen-bond acceptors (Lipinski definition) is 3. The Balaban J connectivity index is 2.15. The molecule has 1 unspecified atom stereocenters. The van der Waals surface area contributed by atoms with Gasteiger partial charge in [-0.1, -0.05) is 30.3 Å². The number of nitrogens with zero attached hydrogens (tertiary/aromatic N) is 1. The molecular formula is C16H25NO2. The first kappa shape index (κ1) is 14.5. The molecule has 1 aliphatic heterocycles. The molecule has 2 rings (SSSR count). The molecule has 0 bridgehead atoms. The fraction of sp³-hybridized carbons (Fsp3) is 0.625. The average Bonchev–Trinajstić information content (AvgIpc) is 2.34. The molecule has 1 heterocycles. The summed E-state index contributed by atoms with van der Waals surface area (Å²) in [6.45, 7) is 8.69. The Morgan fingerprint density at radius 2 is 1.58 bits per heavy atom. The number of benzene rings is 1. The molecular weight excluding hydrogens is 238 g/mol. The summed E-state index contributed by atoms with van der Waals surface area (Å²) in [5.74, 6) is 0. The maximum Gasteiger partial charge on any atom is 0.201 e. The minimum absolute atomic E-state index is 0.0580. The monoisotopic (exact) mass is 263 g/mol. The number of piperidine rings is 1. The van der Waals surface area contributed by atoms with Crippen LogP contribution in [-0.2, 0) is 4.84 Å². The van der Waals surface area contributed by atoms with Crippen molar-refractivity contribution in [3.8, 4) is 0 Å². The number of rotatable bonds is 3. The highest BCUT2D eigenvalue weighted by Crippen LogP contribution is 2.39. The van der Waals surface area contributed by atoms with Crippen molar-refractivity contribution < 1.29 is 9.94 Å². The van der Waals surface area contributed by atoms with Crippen LogP contribution in [0, 0.1) is 0 Å². The summed E-state index contributed by atoms with van der Waals surface area (Å²) >= 11 is 0. The maximum absolute atomic E-state index is 10.3. The van der Waals surface area contributed by atoms with E-state index in [9.17, 15) is 5.11 Å². The van der Waals surface area contributed by atoms with E-state index in [0.29, 0.717) is 0 Å². The van der Waals surface area contributed by atoms with Crippen molar-refractivity contribution in [3.05, 3.63) is 35.9 Å². The van der Waals surface area contributed by atoms with Crippen LogP contribution in [0.2, 0.25) is 0 Å². The van der Waals surface area contributed by atoms with Crippen molar-refractivity contribution in [2.24, 2.45) is 0 Å². The topological polar surface area (TPSA) is 32.7 Å². The van der Waals surface area contributed by atoms with E-state index in [2.05, 4.69) is 27.7 Å². The van der Waals surface area contributed by atoms with Crippen LogP contribution in [0.5, 0.6) is 0 Å². The Morgan fingerprint density at radius 3 is 2.11 bits per heavy atom. The third-order valence-corrected chi connectivity index (χ3v) is 3.97. The molecule has 1 aromatic rings. The molecule has 0 radical (unpaired) electrons. The number of hydrogen-bond donors (Lipinski definition) is 1. The fourth-order valence-corrected chi connectivity index (χ4v) is 3.04. The largest absolute Gasteiger partial charge is 0.363 e. The summed E-state index contributed by atoms with van der Waals surface area (Å²) in [6.07, 6.45) is 2.45. The van der Waals surface area contributed by atoms with E-state index < -0.39 is 6.29 Å². The standard InChI is InChI=1S/C16H25NO2/c1-15(2)11-8-12-16(3,4)17(15)19-14(18)13-9-6-5-7-10-13/h5-7,9-10,14,18H,8,11-12H2,1-4H3. The molecule has 1 aromatic carbocycles. The van der Waals surface area contributed by atoms with Gasteiger partial charge in [0.15, 0.2) is 0 Å². The SMILES string of the molecule is CC1(C)CCCC(C)(C)N1OC(O)c1ccccc1. The predicted octanol–water partition coefficient (Wildman–Crippen LogP) is 3.65. The van der Waals surface area contributed by atoms with Crippen LogP contribution in [-0.4, -0.2) is 21.2 Å². The van der Waals surface area contributed by atoms with Crippen LogP contribution in [0.25, 0.3) is 0 Å². The summed E-state index contributed by atoms with van der Waals surface area (Å²) in [5, 5.41) is 12.3. The lowest BCUT2D eigenvalue weighted by Gasteiger charge is -2.51. The van der Waals surface area contributed by atoms with E-state index in [1.165, 1.54) is 6.42 Å². The normalized spacial score (nSPS) is 24.1. The van der Waals surface area contributed by atoms with Crippen LogP contribution < -0.4 is 0 Å². The van der Waals surface area contributed by atoms with Crippen LogP contribution >= 0.6 is 0 Å². The van der Waals surface area contributed by atoms with E-state index in [4.69, 9.17) is 4.84 Å². The third kappa shape index (κ3) is 3.16. The molecule has 1 N–H and O–H groups in total. The van der Waals surface area contributed by atoms with Gasteiger partial charge in [-0.2, -0.15) is 5.06 Å². The molecule has 106 valence electrons. The van der Waals surface area contributed by atoms with Gasteiger partial charge < -0.3 is 5.11 Å². The van der Waals surface area contributed by atoms with Gasteiger partial charge in [-0.05, 0) is 47.0 Å². The van der Waals surface area contributed by atoms with Crippen molar-refractivity contribution in [1.82, 2.24) is 5.06 Å². The van der Waals surface area contributed by atoms with Gasteiger partial charge in [-0.15, -0.1) is 0 Å². The molecule has 1 fully saturated rings. The highest BCUT2D eigenvalue weighted by molar-refractivity contribution is 5.15.